The molecule has 0 bridgehead atoms. The summed E-state index contributed by atoms with van der Waals surface area (Å²) in [6.07, 6.45) is 2.43. The van der Waals surface area contributed by atoms with Gasteiger partial charge in [-0.1, -0.05) is 6.92 Å². The van der Waals surface area contributed by atoms with Crippen molar-refractivity contribution < 1.29 is 9.47 Å². The predicted octanol–water partition coefficient (Wildman–Crippen LogP) is 3.78. The van der Waals surface area contributed by atoms with Crippen LogP contribution in [0.25, 0.3) is 0 Å². The number of rotatable bonds is 6. The fourth-order valence-electron chi connectivity index (χ4n) is 2.44. The molecule has 0 fully saturated rings. The molecule has 0 aliphatic rings. The van der Waals surface area contributed by atoms with Gasteiger partial charge in [0.1, 0.15) is 11.6 Å². The van der Waals surface area contributed by atoms with Crippen molar-refractivity contribution in [3.05, 3.63) is 55.4 Å². The average Bonchev–Trinajstić information content (AvgIpc) is 2.60. The number of aromatic nitrogens is 1. The van der Waals surface area contributed by atoms with E-state index >= 15 is 0 Å². The summed E-state index contributed by atoms with van der Waals surface area (Å²) in [6.45, 7) is 6.11. The first kappa shape index (κ1) is 19.7. The summed E-state index contributed by atoms with van der Waals surface area (Å²) < 4.78 is 13.0. The largest absolute Gasteiger partial charge is 0.493 e. The molecular formula is C19H20BrN3O3. The Morgan fingerprint density at radius 2 is 2.08 bits per heavy atom. The Hall–Kier alpha value is -2.59. The van der Waals surface area contributed by atoms with Gasteiger partial charge < -0.3 is 9.47 Å². The van der Waals surface area contributed by atoms with Gasteiger partial charge in [-0.05, 0) is 65.5 Å². The van der Waals surface area contributed by atoms with Gasteiger partial charge in [0.25, 0.3) is 5.56 Å². The third-order valence-corrected chi connectivity index (χ3v) is 4.29. The molecule has 0 amide bonds. The molecule has 7 heteroatoms. The normalized spacial score (nSPS) is 10.8. The number of halogens is 1. The molecule has 0 radical (unpaired) electrons. The van der Waals surface area contributed by atoms with E-state index < -0.39 is 5.56 Å². The number of aryl methyl sites for hydroxylation is 2. The summed E-state index contributed by atoms with van der Waals surface area (Å²) >= 11 is 3.48. The van der Waals surface area contributed by atoms with Crippen molar-refractivity contribution in [3.8, 4) is 17.6 Å². The third kappa shape index (κ3) is 4.14. The van der Waals surface area contributed by atoms with Gasteiger partial charge in [-0.3, -0.25) is 4.79 Å². The maximum Gasteiger partial charge on any atom is 0.289 e. The Balaban J connectivity index is 2.45. The summed E-state index contributed by atoms with van der Waals surface area (Å²) in [5.41, 5.74) is 1.67. The number of hydrogen-bond donors (Lipinski definition) is 0. The number of nitriles is 1. The van der Waals surface area contributed by atoms with E-state index in [1.165, 1.54) is 4.68 Å². The molecule has 0 saturated heterocycles. The van der Waals surface area contributed by atoms with Crippen molar-refractivity contribution in [2.24, 2.45) is 5.10 Å². The highest BCUT2D eigenvalue weighted by Gasteiger charge is 2.12. The van der Waals surface area contributed by atoms with Crippen LogP contribution in [0, 0.1) is 25.2 Å². The molecule has 26 heavy (non-hydrogen) atoms. The molecule has 2 rings (SSSR count). The number of nitrogens with zero attached hydrogens (tertiary/aromatic N) is 3. The molecule has 0 aliphatic carbocycles. The van der Waals surface area contributed by atoms with Crippen LogP contribution < -0.4 is 15.0 Å². The molecular weight excluding hydrogens is 398 g/mol. The van der Waals surface area contributed by atoms with Gasteiger partial charge in [-0.2, -0.15) is 10.4 Å². The van der Waals surface area contributed by atoms with Crippen molar-refractivity contribution in [1.29, 1.82) is 5.26 Å². The van der Waals surface area contributed by atoms with E-state index in [1.54, 1.807) is 39.3 Å². The van der Waals surface area contributed by atoms with Crippen LogP contribution in [0.15, 0.2) is 32.6 Å². The molecule has 0 atom stereocenters. The fourth-order valence-corrected chi connectivity index (χ4v) is 3.02. The van der Waals surface area contributed by atoms with Crippen LogP contribution >= 0.6 is 15.9 Å². The first-order chi connectivity index (χ1) is 12.4. The smallest absolute Gasteiger partial charge is 0.289 e. The Morgan fingerprint density at radius 1 is 1.35 bits per heavy atom. The van der Waals surface area contributed by atoms with Crippen LogP contribution in [0.1, 0.15) is 35.7 Å². The standard InChI is InChI=1S/C19H20BrN3O3/c1-5-6-26-18-16(20)8-14(9-17(18)25-4)11-22-23-13(3)7-12(2)15(10-21)19(23)24/h7-9,11H,5-6H2,1-4H3/b22-11+. The van der Waals surface area contributed by atoms with E-state index in [2.05, 4.69) is 21.0 Å². The minimum atomic E-state index is -0.435. The highest BCUT2D eigenvalue weighted by molar-refractivity contribution is 9.10. The first-order valence-corrected chi connectivity index (χ1v) is 8.90. The second-order valence-electron chi connectivity index (χ2n) is 5.70. The predicted molar refractivity (Wildman–Crippen MR) is 104 cm³/mol. The van der Waals surface area contributed by atoms with Gasteiger partial charge in [-0.25, -0.2) is 4.68 Å². The second kappa shape index (κ2) is 8.68. The highest BCUT2D eigenvalue weighted by atomic mass is 79.9. The Labute approximate surface area is 160 Å². The zero-order valence-corrected chi connectivity index (χ0v) is 16.8. The molecule has 0 aliphatic heterocycles. The van der Waals surface area contributed by atoms with Crippen LogP contribution in [0.3, 0.4) is 0 Å². The van der Waals surface area contributed by atoms with E-state index in [-0.39, 0.29) is 5.56 Å². The number of ether oxygens (including phenoxy) is 2. The van der Waals surface area contributed by atoms with Crippen LogP contribution in [-0.4, -0.2) is 24.6 Å². The van der Waals surface area contributed by atoms with Gasteiger partial charge in [-0.15, -0.1) is 0 Å². The highest BCUT2D eigenvalue weighted by Crippen LogP contribution is 2.36. The molecule has 136 valence electrons. The number of pyridine rings is 1. The van der Waals surface area contributed by atoms with Crippen LogP contribution in [0.2, 0.25) is 0 Å². The minimum absolute atomic E-state index is 0.0924. The third-order valence-electron chi connectivity index (χ3n) is 3.70. The topological polar surface area (TPSA) is 76.6 Å². The zero-order chi connectivity index (χ0) is 19.3. The summed E-state index contributed by atoms with van der Waals surface area (Å²) in [5.74, 6) is 1.20. The van der Waals surface area contributed by atoms with Crippen molar-refractivity contribution in [3.63, 3.8) is 0 Å². The van der Waals surface area contributed by atoms with Crippen LogP contribution in [0.4, 0.5) is 0 Å². The average molecular weight is 418 g/mol. The zero-order valence-electron chi connectivity index (χ0n) is 15.2. The molecule has 0 N–H and O–H groups in total. The number of hydrogen-bond acceptors (Lipinski definition) is 5. The lowest BCUT2D eigenvalue weighted by Gasteiger charge is -2.13. The lowest BCUT2D eigenvalue weighted by atomic mass is 10.1. The first-order valence-electron chi connectivity index (χ1n) is 8.11. The summed E-state index contributed by atoms with van der Waals surface area (Å²) in [5, 5.41) is 13.4. The Kier molecular flexibility index (Phi) is 6.58. The summed E-state index contributed by atoms with van der Waals surface area (Å²) in [7, 11) is 1.56. The molecule has 1 aromatic heterocycles. The lowest BCUT2D eigenvalue weighted by Crippen LogP contribution is -2.22. The summed E-state index contributed by atoms with van der Waals surface area (Å²) in [6, 6.07) is 7.30. The monoisotopic (exact) mass is 417 g/mol. The van der Waals surface area contributed by atoms with Crippen molar-refractivity contribution in [1.82, 2.24) is 4.68 Å². The van der Waals surface area contributed by atoms with E-state index in [0.29, 0.717) is 29.4 Å². The second-order valence-corrected chi connectivity index (χ2v) is 6.55. The van der Waals surface area contributed by atoms with E-state index in [4.69, 9.17) is 14.7 Å². The molecule has 0 unspecified atom stereocenters. The molecule has 1 heterocycles. The van der Waals surface area contributed by atoms with Gasteiger partial charge in [0, 0.05) is 5.69 Å². The lowest BCUT2D eigenvalue weighted by molar-refractivity contribution is 0.292. The molecule has 0 spiro atoms. The van der Waals surface area contributed by atoms with Crippen molar-refractivity contribution in [2.45, 2.75) is 27.2 Å². The molecule has 1 aromatic carbocycles. The quantitative estimate of drug-likeness (QED) is 0.669. The van der Waals surface area contributed by atoms with E-state index in [0.717, 1.165) is 16.5 Å². The van der Waals surface area contributed by atoms with Crippen molar-refractivity contribution in [2.75, 3.05) is 13.7 Å². The number of methoxy groups -OCH3 is 1. The van der Waals surface area contributed by atoms with Crippen LogP contribution in [-0.2, 0) is 0 Å². The van der Waals surface area contributed by atoms with Crippen LogP contribution in [0.5, 0.6) is 11.5 Å². The van der Waals surface area contributed by atoms with Gasteiger partial charge in [0.15, 0.2) is 11.5 Å². The van der Waals surface area contributed by atoms with E-state index in [9.17, 15) is 4.79 Å². The SMILES string of the molecule is CCCOc1c(Br)cc(/C=N/n2c(C)cc(C)c(C#N)c2=O)cc1OC. The van der Waals surface area contributed by atoms with Gasteiger partial charge in [0.05, 0.1) is 24.4 Å². The number of benzene rings is 1. The Bertz CT molecular complexity index is 943. The fraction of sp³-hybridized carbons (Fsp3) is 0.316. The van der Waals surface area contributed by atoms with E-state index in [1.807, 2.05) is 19.1 Å². The summed E-state index contributed by atoms with van der Waals surface area (Å²) in [4.78, 5) is 12.4. The minimum Gasteiger partial charge on any atom is -0.493 e. The van der Waals surface area contributed by atoms with Crippen molar-refractivity contribution >= 4 is 22.1 Å². The Morgan fingerprint density at radius 3 is 2.69 bits per heavy atom. The maximum atomic E-state index is 12.4. The van der Waals surface area contributed by atoms with Gasteiger partial charge in [0.2, 0.25) is 0 Å². The maximum absolute atomic E-state index is 12.4. The van der Waals surface area contributed by atoms with Gasteiger partial charge >= 0.3 is 0 Å². The molecule has 0 saturated carbocycles. The molecule has 6 nitrogen and oxygen atoms in total. The molecule has 2 aromatic rings.